The van der Waals surface area contributed by atoms with Crippen LogP contribution in [-0.4, -0.2) is 87.6 Å². The summed E-state index contributed by atoms with van der Waals surface area (Å²) in [6.45, 7) is 6.68. The van der Waals surface area contributed by atoms with E-state index in [-0.39, 0.29) is 30.3 Å². The van der Waals surface area contributed by atoms with Crippen molar-refractivity contribution in [3.63, 3.8) is 0 Å². The number of hydrogen-bond donors (Lipinski definition) is 2. The molecule has 1 unspecified atom stereocenters. The van der Waals surface area contributed by atoms with Gasteiger partial charge in [-0.2, -0.15) is 0 Å². The number of fused-ring (bicyclic) bond motifs is 1. The number of nitrogens with one attached hydrogen (secondary N) is 2. The molecular formula is C36H39F3N6O7. The van der Waals surface area contributed by atoms with Gasteiger partial charge in [0.15, 0.2) is 5.65 Å². The first kappa shape index (κ1) is 36.4. The van der Waals surface area contributed by atoms with Crippen LogP contribution in [-0.2, 0) is 20.8 Å². The highest BCUT2D eigenvalue weighted by atomic mass is 19.4. The Morgan fingerprint density at radius 2 is 1.75 bits per heavy atom. The molecule has 2 aliphatic rings. The predicted molar refractivity (Wildman–Crippen MR) is 182 cm³/mol. The number of ether oxygens (including phenoxy) is 4. The third kappa shape index (κ3) is 9.09. The number of anilines is 1. The Hall–Kier alpha value is -5.38. The molecule has 2 aliphatic heterocycles. The number of aromatic amines is 1. The molecule has 6 rings (SSSR count). The Kier molecular flexibility index (Phi) is 10.6. The summed E-state index contributed by atoms with van der Waals surface area (Å²) >= 11 is 0. The number of carbonyl (C=O) groups is 3. The van der Waals surface area contributed by atoms with Crippen molar-refractivity contribution < 1.29 is 46.5 Å². The van der Waals surface area contributed by atoms with E-state index in [1.54, 1.807) is 36.8 Å². The first-order valence-electron chi connectivity index (χ1n) is 16.8. The molecule has 3 amide bonds. The van der Waals surface area contributed by atoms with Crippen LogP contribution in [0.4, 0.5) is 28.4 Å². The summed E-state index contributed by atoms with van der Waals surface area (Å²) in [7, 11) is 0. The van der Waals surface area contributed by atoms with Crippen molar-refractivity contribution >= 4 is 34.9 Å². The van der Waals surface area contributed by atoms with E-state index in [1.165, 1.54) is 6.07 Å². The zero-order valence-electron chi connectivity index (χ0n) is 28.9. The van der Waals surface area contributed by atoms with Crippen molar-refractivity contribution in [2.75, 3.05) is 38.1 Å². The lowest BCUT2D eigenvalue weighted by Gasteiger charge is -2.33. The minimum atomic E-state index is -4.97. The molecule has 4 aromatic rings. The minimum Gasteiger partial charge on any atom is -0.445 e. The zero-order valence-corrected chi connectivity index (χ0v) is 28.9. The predicted octanol–water partition coefficient (Wildman–Crippen LogP) is 6.93. The fourth-order valence-corrected chi connectivity index (χ4v) is 6.21. The molecule has 0 bridgehead atoms. The molecule has 0 radical (unpaired) electrons. The number of pyridine rings is 1. The fraction of sp³-hybridized carbons (Fsp3) is 0.417. The van der Waals surface area contributed by atoms with E-state index in [4.69, 9.17) is 19.2 Å². The first-order chi connectivity index (χ1) is 24.7. The van der Waals surface area contributed by atoms with Crippen LogP contribution in [0, 0.1) is 0 Å². The van der Waals surface area contributed by atoms with Gasteiger partial charge in [0.25, 0.3) is 5.91 Å². The van der Waals surface area contributed by atoms with E-state index in [9.17, 15) is 27.6 Å². The summed E-state index contributed by atoms with van der Waals surface area (Å²) in [5, 5.41) is 2.41. The molecule has 0 aliphatic carbocycles. The number of nitrogens with zero attached hydrogens (tertiary/aromatic N) is 4. The molecule has 0 spiro atoms. The van der Waals surface area contributed by atoms with E-state index in [1.807, 2.05) is 36.4 Å². The lowest BCUT2D eigenvalue weighted by molar-refractivity contribution is -0.274. The van der Waals surface area contributed by atoms with Crippen molar-refractivity contribution in [1.29, 1.82) is 0 Å². The fourth-order valence-electron chi connectivity index (χ4n) is 6.21. The monoisotopic (exact) mass is 724 g/mol. The van der Waals surface area contributed by atoms with Gasteiger partial charge < -0.3 is 33.7 Å². The van der Waals surface area contributed by atoms with Gasteiger partial charge in [0.2, 0.25) is 0 Å². The second kappa shape index (κ2) is 15.1. The molecule has 2 aromatic carbocycles. The van der Waals surface area contributed by atoms with E-state index < -0.39 is 41.9 Å². The van der Waals surface area contributed by atoms with Crippen molar-refractivity contribution in [1.82, 2.24) is 24.8 Å². The van der Waals surface area contributed by atoms with Crippen LogP contribution in [0.5, 0.6) is 5.75 Å². The van der Waals surface area contributed by atoms with Crippen LogP contribution in [0.25, 0.3) is 11.2 Å². The third-order valence-corrected chi connectivity index (χ3v) is 8.58. The number of morpholine rings is 1. The van der Waals surface area contributed by atoms with Gasteiger partial charge >= 0.3 is 18.5 Å². The number of carbonyl (C=O) groups excluding carboxylic acids is 3. The standard InChI is InChI=1S/C36H39F3N6O7/c1-35(2,3)52-33(47)41-27-19-24(51-36(37,38)39)9-10-26(27)32(46)44-15-12-23(13-16-44)25-11-14-40-31-29(25)42-30(43-31)28-20-45(17-18-49-28)34(48)50-21-22-7-5-4-6-8-22/h4-11,14,19,23,28H,12-13,15-18,20-21H2,1-3H3,(H,41,47)(H,40,42,43). The second-order valence-electron chi connectivity index (χ2n) is 13.5. The molecule has 2 fully saturated rings. The largest absolute Gasteiger partial charge is 0.573 e. The van der Waals surface area contributed by atoms with Crippen molar-refractivity contribution in [2.45, 2.75) is 64.2 Å². The lowest BCUT2D eigenvalue weighted by Crippen LogP contribution is -2.42. The highest BCUT2D eigenvalue weighted by Gasteiger charge is 2.34. The second-order valence-corrected chi connectivity index (χ2v) is 13.5. The molecule has 276 valence electrons. The van der Waals surface area contributed by atoms with Crippen LogP contribution >= 0.6 is 0 Å². The van der Waals surface area contributed by atoms with Gasteiger partial charge in [0.05, 0.1) is 24.4 Å². The van der Waals surface area contributed by atoms with Gasteiger partial charge in [-0.1, -0.05) is 30.3 Å². The molecule has 4 heterocycles. The summed E-state index contributed by atoms with van der Waals surface area (Å²) in [5.41, 5.74) is 2.00. The number of benzene rings is 2. The Balaban J connectivity index is 1.12. The number of alkyl halides is 3. The maximum Gasteiger partial charge on any atom is 0.573 e. The average Bonchev–Trinajstić information content (AvgIpc) is 3.55. The normalized spacial score (nSPS) is 17.2. The average molecular weight is 725 g/mol. The van der Waals surface area contributed by atoms with Gasteiger partial charge in [-0.25, -0.2) is 19.6 Å². The van der Waals surface area contributed by atoms with Crippen molar-refractivity contribution in [2.24, 2.45) is 0 Å². The number of imidazole rings is 1. The molecular weight excluding hydrogens is 685 g/mol. The number of hydrogen-bond acceptors (Lipinski definition) is 9. The summed E-state index contributed by atoms with van der Waals surface area (Å²) in [6, 6.07) is 14.5. The van der Waals surface area contributed by atoms with E-state index >= 15 is 0 Å². The molecule has 0 saturated carbocycles. The smallest absolute Gasteiger partial charge is 0.445 e. The van der Waals surface area contributed by atoms with Crippen LogP contribution in [0.3, 0.4) is 0 Å². The number of piperidine rings is 1. The van der Waals surface area contributed by atoms with E-state index in [0.29, 0.717) is 56.1 Å². The quantitative estimate of drug-likeness (QED) is 0.207. The Morgan fingerprint density at radius 3 is 2.46 bits per heavy atom. The molecule has 2 N–H and O–H groups in total. The zero-order chi connectivity index (χ0) is 37.0. The minimum absolute atomic E-state index is 0.00690. The van der Waals surface area contributed by atoms with Gasteiger partial charge in [-0.15, -0.1) is 13.2 Å². The molecule has 2 aromatic heterocycles. The van der Waals surface area contributed by atoms with Crippen molar-refractivity contribution in [3.05, 3.63) is 83.3 Å². The van der Waals surface area contributed by atoms with Gasteiger partial charge in [0, 0.05) is 31.9 Å². The molecule has 13 nitrogen and oxygen atoms in total. The molecule has 52 heavy (non-hydrogen) atoms. The van der Waals surface area contributed by atoms with Gasteiger partial charge in [-0.3, -0.25) is 10.1 Å². The maximum atomic E-state index is 13.7. The van der Waals surface area contributed by atoms with Crippen LogP contribution < -0.4 is 10.1 Å². The Labute approximate surface area is 297 Å². The van der Waals surface area contributed by atoms with Crippen molar-refractivity contribution in [3.8, 4) is 5.75 Å². The number of rotatable bonds is 7. The van der Waals surface area contributed by atoms with E-state index in [2.05, 4.69) is 20.0 Å². The van der Waals surface area contributed by atoms with Gasteiger partial charge in [0.1, 0.15) is 35.4 Å². The third-order valence-electron chi connectivity index (χ3n) is 8.58. The topological polar surface area (TPSA) is 148 Å². The maximum absolute atomic E-state index is 13.7. The number of likely N-dealkylation sites (tertiary alicyclic amines) is 1. The highest BCUT2D eigenvalue weighted by molar-refractivity contribution is 6.03. The van der Waals surface area contributed by atoms with E-state index in [0.717, 1.165) is 23.3 Å². The molecule has 2 saturated heterocycles. The summed E-state index contributed by atoms with van der Waals surface area (Å²) in [4.78, 5) is 54.8. The number of amides is 3. The molecule has 16 heteroatoms. The number of aromatic nitrogens is 3. The SMILES string of the molecule is CC(C)(C)OC(=O)Nc1cc(OC(F)(F)F)ccc1C(=O)N1CCC(c2ccnc3[nH]c(C4CN(C(=O)OCc5ccccc5)CCO4)nc23)CC1. The number of H-pyrrole nitrogens is 1. The van der Waals surface area contributed by atoms with Crippen LogP contribution in [0.2, 0.25) is 0 Å². The summed E-state index contributed by atoms with van der Waals surface area (Å²) < 4.78 is 59.6. The number of halogens is 3. The highest BCUT2D eigenvalue weighted by Crippen LogP contribution is 2.35. The molecule has 1 atom stereocenters. The summed E-state index contributed by atoms with van der Waals surface area (Å²) in [6.07, 6.45) is -4.03. The van der Waals surface area contributed by atoms with Gasteiger partial charge in [-0.05, 0) is 68.9 Å². The Morgan fingerprint density at radius 1 is 1.00 bits per heavy atom. The van der Waals surface area contributed by atoms with Crippen LogP contribution in [0.15, 0.2) is 60.8 Å². The Bertz CT molecular complexity index is 1910. The lowest BCUT2D eigenvalue weighted by atomic mass is 9.89. The first-order valence-corrected chi connectivity index (χ1v) is 16.8. The summed E-state index contributed by atoms with van der Waals surface area (Å²) in [5.74, 6) is -0.509. The van der Waals surface area contributed by atoms with Crippen LogP contribution in [0.1, 0.15) is 72.9 Å².